The molecule has 0 saturated heterocycles. The quantitative estimate of drug-likeness (QED) is 0.717. The highest BCUT2D eigenvalue weighted by molar-refractivity contribution is 8.00. The van der Waals surface area contributed by atoms with Crippen LogP contribution in [-0.2, 0) is 9.53 Å². The summed E-state index contributed by atoms with van der Waals surface area (Å²) in [6.45, 7) is 6.28. The molecule has 0 aliphatic heterocycles. The monoisotopic (exact) mass is 284 g/mol. The molecule has 1 aliphatic rings. The molecule has 2 atom stereocenters. The van der Waals surface area contributed by atoms with Crippen molar-refractivity contribution in [2.24, 2.45) is 0 Å². The van der Waals surface area contributed by atoms with Crippen LogP contribution >= 0.6 is 11.8 Å². The minimum atomic E-state index is -0.154. The van der Waals surface area contributed by atoms with Crippen LogP contribution in [0.4, 0.5) is 0 Å². The molecular formula is C13H20N2O3S. The van der Waals surface area contributed by atoms with Crippen LogP contribution in [0.25, 0.3) is 0 Å². The number of carbonyl (C=O) groups excluding carboxylic acids is 1. The van der Waals surface area contributed by atoms with Gasteiger partial charge in [0, 0.05) is 11.2 Å². The maximum absolute atomic E-state index is 11.4. The average Bonchev–Trinajstić information content (AvgIpc) is 3.06. The first-order valence-electron chi connectivity index (χ1n) is 6.74. The molecule has 1 heterocycles. The van der Waals surface area contributed by atoms with Crippen molar-refractivity contribution in [3.8, 4) is 0 Å². The molecule has 1 aliphatic carbocycles. The number of aromatic nitrogens is 2. The second kappa shape index (κ2) is 6.41. The van der Waals surface area contributed by atoms with Crippen LogP contribution in [0.3, 0.4) is 0 Å². The highest BCUT2D eigenvalue weighted by Gasteiger charge is 2.30. The van der Waals surface area contributed by atoms with Gasteiger partial charge in [-0.25, -0.2) is 0 Å². The first-order valence-corrected chi connectivity index (χ1v) is 7.69. The molecule has 0 N–H and O–H groups in total. The van der Waals surface area contributed by atoms with Gasteiger partial charge in [0.1, 0.15) is 0 Å². The zero-order valence-corrected chi connectivity index (χ0v) is 12.4. The Morgan fingerprint density at radius 1 is 1.53 bits per heavy atom. The highest BCUT2D eigenvalue weighted by Crippen LogP contribution is 2.39. The van der Waals surface area contributed by atoms with E-state index < -0.39 is 0 Å². The second-order valence-electron chi connectivity index (χ2n) is 4.86. The Labute approximate surface area is 117 Å². The Hall–Kier alpha value is -1.04. The van der Waals surface area contributed by atoms with E-state index in [0.717, 1.165) is 5.82 Å². The van der Waals surface area contributed by atoms with Crippen LogP contribution in [0.1, 0.15) is 62.9 Å². The van der Waals surface area contributed by atoms with E-state index in [0.29, 0.717) is 24.8 Å². The lowest BCUT2D eigenvalue weighted by Gasteiger charge is -2.13. The van der Waals surface area contributed by atoms with Gasteiger partial charge >= 0.3 is 5.97 Å². The van der Waals surface area contributed by atoms with E-state index in [4.69, 9.17) is 9.26 Å². The van der Waals surface area contributed by atoms with Crippen LogP contribution in [0.2, 0.25) is 0 Å². The second-order valence-corrected chi connectivity index (χ2v) is 6.65. The van der Waals surface area contributed by atoms with Gasteiger partial charge in [-0.1, -0.05) is 12.1 Å². The number of thioether (sulfide) groups is 1. The Morgan fingerprint density at radius 3 is 2.89 bits per heavy atom. The van der Waals surface area contributed by atoms with Crippen molar-refractivity contribution >= 4 is 17.7 Å². The molecule has 1 fully saturated rings. The van der Waals surface area contributed by atoms with Gasteiger partial charge in [0.05, 0.1) is 18.3 Å². The highest BCUT2D eigenvalue weighted by atomic mass is 32.2. The molecule has 1 aromatic heterocycles. The van der Waals surface area contributed by atoms with Crippen molar-refractivity contribution in [1.82, 2.24) is 10.1 Å². The van der Waals surface area contributed by atoms with E-state index in [-0.39, 0.29) is 16.5 Å². The average molecular weight is 284 g/mol. The minimum Gasteiger partial charge on any atom is -0.466 e. The van der Waals surface area contributed by atoms with Crippen molar-refractivity contribution in [1.29, 1.82) is 0 Å². The molecule has 0 amide bonds. The molecule has 1 aromatic rings. The third-order valence-electron chi connectivity index (χ3n) is 2.94. The summed E-state index contributed by atoms with van der Waals surface area (Å²) in [5, 5.41) is 4.28. The number of rotatable bonds is 7. The lowest BCUT2D eigenvalue weighted by molar-refractivity contribution is -0.142. The Morgan fingerprint density at radius 2 is 2.26 bits per heavy atom. The van der Waals surface area contributed by atoms with Gasteiger partial charge in [-0.15, -0.1) is 11.8 Å². The molecule has 0 bridgehead atoms. The first-order chi connectivity index (χ1) is 9.10. The van der Waals surface area contributed by atoms with Gasteiger partial charge in [-0.05, 0) is 26.7 Å². The topological polar surface area (TPSA) is 65.2 Å². The van der Waals surface area contributed by atoms with Crippen molar-refractivity contribution in [3.05, 3.63) is 11.7 Å². The van der Waals surface area contributed by atoms with Crippen LogP contribution < -0.4 is 0 Å². The van der Waals surface area contributed by atoms with E-state index in [1.165, 1.54) is 12.8 Å². The van der Waals surface area contributed by atoms with E-state index >= 15 is 0 Å². The van der Waals surface area contributed by atoms with Crippen molar-refractivity contribution < 1.29 is 14.1 Å². The molecule has 19 heavy (non-hydrogen) atoms. The van der Waals surface area contributed by atoms with E-state index in [2.05, 4.69) is 10.1 Å². The standard InChI is InChI=1S/C13H20N2O3S/c1-4-17-11(16)7-8(2)19-9(3)13-14-12(15-18-13)10-5-6-10/h8-10H,4-7H2,1-3H3/t8-,9-/m0/s1. The molecule has 1 saturated carbocycles. The van der Waals surface area contributed by atoms with E-state index in [9.17, 15) is 4.79 Å². The number of nitrogens with zero attached hydrogens (tertiary/aromatic N) is 2. The molecule has 0 radical (unpaired) electrons. The van der Waals surface area contributed by atoms with Gasteiger partial charge in [0.15, 0.2) is 5.82 Å². The fourth-order valence-corrected chi connectivity index (χ4v) is 2.97. The predicted octanol–water partition coefficient (Wildman–Crippen LogP) is 3.08. The Kier molecular flexibility index (Phi) is 4.85. The van der Waals surface area contributed by atoms with Gasteiger partial charge < -0.3 is 9.26 Å². The Bertz CT molecular complexity index is 431. The summed E-state index contributed by atoms with van der Waals surface area (Å²) in [5.74, 6) is 1.84. The zero-order chi connectivity index (χ0) is 13.8. The SMILES string of the molecule is CCOC(=O)C[C@H](C)S[C@@H](C)c1nc(C2CC2)no1. The summed E-state index contributed by atoms with van der Waals surface area (Å²) in [4.78, 5) is 15.8. The van der Waals surface area contributed by atoms with E-state index in [1.54, 1.807) is 11.8 Å². The van der Waals surface area contributed by atoms with Crippen molar-refractivity contribution in [2.45, 2.75) is 56.5 Å². The largest absolute Gasteiger partial charge is 0.466 e. The molecule has 5 nitrogen and oxygen atoms in total. The number of hydrogen-bond donors (Lipinski definition) is 0. The molecule has 6 heteroatoms. The van der Waals surface area contributed by atoms with Gasteiger partial charge in [0.25, 0.3) is 0 Å². The fourth-order valence-electron chi connectivity index (χ4n) is 1.83. The summed E-state index contributed by atoms with van der Waals surface area (Å²) in [6, 6.07) is 0. The number of ether oxygens (including phenoxy) is 1. The van der Waals surface area contributed by atoms with E-state index in [1.807, 2.05) is 20.8 Å². The zero-order valence-electron chi connectivity index (χ0n) is 11.6. The van der Waals surface area contributed by atoms with Crippen LogP contribution in [0.5, 0.6) is 0 Å². The summed E-state index contributed by atoms with van der Waals surface area (Å²) < 4.78 is 10.2. The van der Waals surface area contributed by atoms with Gasteiger partial charge in [0.2, 0.25) is 5.89 Å². The van der Waals surface area contributed by atoms with Crippen molar-refractivity contribution in [2.75, 3.05) is 6.61 Å². The summed E-state index contributed by atoms with van der Waals surface area (Å²) in [6.07, 6.45) is 2.74. The molecule has 0 aromatic carbocycles. The smallest absolute Gasteiger partial charge is 0.306 e. The van der Waals surface area contributed by atoms with Crippen LogP contribution in [0.15, 0.2) is 4.52 Å². The molecule has 2 rings (SSSR count). The van der Waals surface area contributed by atoms with Gasteiger partial charge in [-0.2, -0.15) is 4.98 Å². The lowest BCUT2D eigenvalue weighted by atomic mass is 10.3. The van der Waals surface area contributed by atoms with Crippen molar-refractivity contribution in [3.63, 3.8) is 0 Å². The maximum atomic E-state index is 11.4. The minimum absolute atomic E-state index is 0.101. The molecular weight excluding hydrogens is 264 g/mol. The summed E-state index contributed by atoms with van der Waals surface area (Å²) >= 11 is 1.66. The predicted molar refractivity (Wildman–Crippen MR) is 73.0 cm³/mol. The lowest BCUT2D eigenvalue weighted by Crippen LogP contribution is -2.11. The molecule has 0 spiro atoms. The normalized spacial score (nSPS) is 18.1. The van der Waals surface area contributed by atoms with Crippen LogP contribution in [-0.4, -0.2) is 28.0 Å². The summed E-state index contributed by atoms with van der Waals surface area (Å²) in [5.41, 5.74) is 0. The molecule has 0 unspecified atom stereocenters. The summed E-state index contributed by atoms with van der Waals surface area (Å²) in [7, 11) is 0. The maximum Gasteiger partial charge on any atom is 0.306 e. The first kappa shape index (κ1) is 14.4. The van der Waals surface area contributed by atoms with Crippen LogP contribution in [0, 0.1) is 0 Å². The third kappa shape index (κ3) is 4.23. The number of hydrogen-bond acceptors (Lipinski definition) is 6. The molecule has 106 valence electrons. The van der Waals surface area contributed by atoms with Gasteiger partial charge in [-0.3, -0.25) is 4.79 Å². The number of esters is 1. The number of carbonyl (C=O) groups is 1. The fraction of sp³-hybridized carbons (Fsp3) is 0.769. The third-order valence-corrected chi connectivity index (χ3v) is 4.18. The Balaban J connectivity index is 1.81.